The van der Waals surface area contributed by atoms with Gasteiger partial charge >= 0.3 is 0 Å². The summed E-state index contributed by atoms with van der Waals surface area (Å²) < 4.78 is 34.3. The Hall–Kier alpha value is -1.59. The van der Waals surface area contributed by atoms with Gasteiger partial charge in [-0.05, 0) is 50.9 Å². The maximum Gasteiger partial charge on any atom is 0.247 e. The Labute approximate surface area is 181 Å². The fraction of sp³-hybridized carbons (Fsp3) is 0.652. The van der Waals surface area contributed by atoms with Gasteiger partial charge in [-0.2, -0.15) is 4.31 Å². The number of rotatable bonds is 5. The Morgan fingerprint density at radius 2 is 2.07 bits per heavy atom. The van der Waals surface area contributed by atoms with Crippen LogP contribution in [0.3, 0.4) is 0 Å². The first-order valence-electron chi connectivity index (χ1n) is 10.9. The summed E-state index contributed by atoms with van der Waals surface area (Å²) in [5, 5.41) is 12.8. The van der Waals surface area contributed by atoms with E-state index in [9.17, 15) is 13.5 Å². The molecule has 3 rings (SSSR count). The zero-order chi connectivity index (χ0) is 21.7. The van der Waals surface area contributed by atoms with E-state index in [1.165, 1.54) is 30.0 Å². The van der Waals surface area contributed by atoms with Crippen LogP contribution in [0.25, 0.3) is 0 Å². The second-order valence-electron chi connectivity index (χ2n) is 8.62. The molecule has 2 N–H and O–H groups in total. The van der Waals surface area contributed by atoms with Crippen LogP contribution in [-0.2, 0) is 10.0 Å². The van der Waals surface area contributed by atoms with E-state index < -0.39 is 16.1 Å². The average Bonchev–Trinajstić information content (AvgIpc) is 3.23. The summed E-state index contributed by atoms with van der Waals surface area (Å²) in [5.74, 6) is 7.44. The van der Waals surface area contributed by atoms with Crippen molar-refractivity contribution in [1.29, 1.82) is 0 Å². The zero-order valence-corrected chi connectivity index (χ0v) is 19.0. The summed E-state index contributed by atoms with van der Waals surface area (Å²) in [6.07, 6.45) is 5.79. The summed E-state index contributed by atoms with van der Waals surface area (Å²) in [6, 6.07) is 4.58. The van der Waals surface area contributed by atoms with Crippen molar-refractivity contribution in [2.24, 2.45) is 11.8 Å². The van der Waals surface area contributed by atoms with Crippen LogP contribution >= 0.6 is 0 Å². The van der Waals surface area contributed by atoms with E-state index in [0.717, 1.165) is 12.0 Å². The quantitative estimate of drug-likeness (QED) is 0.697. The van der Waals surface area contributed by atoms with Crippen LogP contribution in [0.4, 0.5) is 0 Å². The molecule has 166 valence electrons. The van der Waals surface area contributed by atoms with Gasteiger partial charge in [0.1, 0.15) is 16.7 Å². The van der Waals surface area contributed by atoms with Crippen LogP contribution in [0.1, 0.15) is 51.5 Å². The third kappa shape index (κ3) is 5.17. The third-order valence-electron chi connectivity index (χ3n) is 6.17. The summed E-state index contributed by atoms with van der Waals surface area (Å²) in [6.45, 7) is 4.36. The van der Waals surface area contributed by atoms with Gasteiger partial charge in [-0.25, -0.2) is 8.42 Å². The number of aliphatic hydroxyl groups is 1. The maximum absolute atomic E-state index is 13.4. The Kier molecular flexibility index (Phi) is 7.81. The molecule has 1 aromatic rings. The minimum Gasteiger partial charge on any atom is -0.487 e. The van der Waals surface area contributed by atoms with Gasteiger partial charge in [0.05, 0.1) is 6.61 Å². The molecule has 1 aliphatic heterocycles. The van der Waals surface area contributed by atoms with Crippen LogP contribution in [-0.4, -0.2) is 56.7 Å². The van der Waals surface area contributed by atoms with Crippen molar-refractivity contribution < 1.29 is 18.3 Å². The lowest BCUT2D eigenvalue weighted by Crippen LogP contribution is -2.49. The zero-order valence-electron chi connectivity index (χ0n) is 18.2. The number of aliphatic hydroxyl groups excluding tert-OH is 1. The molecule has 0 saturated heterocycles. The largest absolute Gasteiger partial charge is 0.487 e. The Balaban J connectivity index is 1.96. The number of hydrogen-bond donors (Lipinski definition) is 2. The number of likely N-dealkylation sites (N-methyl/N-ethyl adjacent to an activating group) is 1. The lowest BCUT2D eigenvalue weighted by Gasteiger charge is -2.36. The van der Waals surface area contributed by atoms with Gasteiger partial charge in [-0.3, -0.25) is 0 Å². The molecular formula is C23H34N2O4S. The first-order valence-corrected chi connectivity index (χ1v) is 12.4. The highest BCUT2D eigenvalue weighted by Crippen LogP contribution is 2.34. The van der Waals surface area contributed by atoms with Crippen molar-refractivity contribution in [2.45, 2.75) is 63.0 Å². The summed E-state index contributed by atoms with van der Waals surface area (Å²) >= 11 is 0. The third-order valence-corrected chi connectivity index (χ3v) is 8.19. The molecule has 0 bridgehead atoms. The smallest absolute Gasteiger partial charge is 0.247 e. The van der Waals surface area contributed by atoms with Crippen LogP contribution < -0.4 is 10.1 Å². The van der Waals surface area contributed by atoms with Crippen molar-refractivity contribution in [3.63, 3.8) is 0 Å². The highest BCUT2D eigenvalue weighted by molar-refractivity contribution is 7.89. The molecule has 2 aliphatic rings. The number of nitrogens with zero attached hydrogens (tertiary/aromatic N) is 1. The number of nitrogens with one attached hydrogen (secondary N) is 1. The molecule has 0 spiro atoms. The van der Waals surface area contributed by atoms with Gasteiger partial charge in [0.25, 0.3) is 0 Å². The molecule has 1 heterocycles. The fourth-order valence-electron chi connectivity index (χ4n) is 4.26. The van der Waals surface area contributed by atoms with Gasteiger partial charge in [-0.15, -0.1) is 0 Å². The van der Waals surface area contributed by atoms with Crippen molar-refractivity contribution >= 4 is 10.0 Å². The topological polar surface area (TPSA) is 78.9 Å². The molecule has 1 saturated carbocycles. The summed E-state index contributed by atoms with van der Waals surface area (Å²) in [5.41, 5.74) is 0.764. The van der Waals surface area contributed by atoms with Crippen LogP contribution in [0.2, 0.25) is 0 Å². The number of sulfonamides is 1. The standard InChI is InChI=1S/C23H34N2O4S/c1-17-15-25(18(2)16-26)30(27,28)23-12-11-20(10-6-9-19-7-4-5-8-19)13-21(23)29-22(17)14-24-3/h11-13,17-19,22,24,26H,4-5,7-9,14-16H2,1-3H3/t17-,18-,22-/m0/s1. The first-order chi connectivity index (χ1) is 14.4. The number of hydrogen-bond acceptors (Lipinski definition) is 5. The maximum atomic E-state index is 13.4. The molecule has 1 aromatic carbocycles. The molecule has 1 aliphatic carbocycles. The van der Waals surface area contributed by atoms with Crippen LogP contribution in [0.15, 0.2) is 23.1 Å². The van der Waals surface area contributed by atoms with Crippen molar-refractivity contribution in [3.05, 3.63) is 23.8 Å². The Morgan fingerprint density at radius 1 is 1.33 bits per heavy atom. The van der Waals surface area contributed by atoms with Gasteiger partial charge < -0.3 is 15.2 Å². The molecule has 0 radical (unpaired) electrons. The molecule has 30 heavy (non-hydrogen) atoms. The molecule has 1 fully saturated rings. The lowest BCUT2D eigenvalue weighted by molar-refractivity contribution is 0.103. The average molecular weight is 435 g/mol. The molecule has 0 aromatic heterocycles. The van der Waals surface area contributed by atoms with Gasteiger partial charge in [0, 0.05) is 37.0 Å². The minimum atomic E-state index is -3.80. The van der Waals surface area contributed by atoms with E-state index in [0.29, 0.717) is 24.8 Å². The fourth-order valence-corrected chi connectivity index (χ4v) is 6.09. The summed E-state index contributed by atoms with van der Waals surface area (Å²) in [4.78, 5) is 0.136. The van der Waals surface area contributed by atoms with Crippen molar-refractivity contribution in [1.82, 2.24) is 9.62 Å². The SMILES string of the molecule is CNC[C@@H]1Oc2cc(C#CCC3CCCC3)ccc2S(=O)(=O)N([C@@H](C)CO)C[C@@H]1C. The second-order valence-corrected chi connectivity index (χ2v) is 10.5. The monoisotopic (exact) mass is 434 g/mol. The summed E-state index contributed by atoms with van der Waals surface area (Å²) in [7, 11) is -1.94. The normalized spacial score (nSPS) is 25.3. The van der Waals surface area contributed by atoms with E-state index in [1.807, 2.05) is 14.0 Å². The number of benzene rings is 1. The predicted octanol–water partition coefficient (Wildman–Crippen LogP) is 2.61. The number of fused-ring (bicyclic) bond motifs is 1. The molecule has 7 heteroatoms. The molecule has 6 nitrogen and oxygen atoms in total. The predicted molar refractivity (Wildman–Crippen MR) is 118 cm³/mol. The van der Waals surface area contributed by atoms with Gasteiger partial charge in [0.2, 0.25) is 10.0 Å². The van der Waals surface area contributed by atoms with E-state index in [1.54, 1.807) is 25.1 Å². The molecular weight excluding hydrogens is 400 g/mol. The van der Waals surface area contributed by atoms with E-state index in [2.05, 4.69) is 17.2 Å². The van der Waals surface area contributed by atoms with Crippen molar-refractivity contribution in [3.8, 4) is 17.6 Å². The second kappa shape index (κ2) is 10.1. The molecule has 0 amide bonds. The Morgan fingerprint density at radius 3 is 2.73 bits per heavy atom. The highest BCUT2D eigenvalue weighted by atomic mass is 32.2. The van der Waals surface area contributed by atoms with E-state index >= 15 is 0 Å². The van der Waals surface area contributed by atoms with E-state index in [4.69, 9.17) is 4.74 Å². The number of ether oxygens (including phenoxy) is 1. The van der Waals surface area contributed by atoms with Gasteiger partial charge in [-0.1, -0.05) is 31.6 Å². The minimum absolute atomic E-state index is 0.0496. The lowest BCUT2D eigenvalue weighted by atomic mass is 10.0. The molecule has 3 atom stereocenters. The van der Waals surface area contributed by atoms with Crippen LogP contribution in [0, 0.1) is 23.7 Å². The van der Waals surface area contributed by atoms with E-state index in [-0.39, 0.29) is 23.5 Å². The van der Waals surface area contributed by atoms with Crippen molar-refractivity contribution in [2.75, 3.05) is 26.7 Å². The van der Waals surface area contributed by atoms with Crippen LogP contribution in [0.5, 0.6) is 5.75 Å². The van der Waals surface area contributed by atoms with Gasteiger partial charge in [0.15, 0.2) is 0 Å². The Bertz CT molecular complexity index is 884. The highest BCUT2D eigenvalue weighted by Gasteiger charge is 2.37. The first kappa shape index (κ1) is 23.1. The molecule has 0 unspecified atom stereocenters.